The first-order valence-electron chi connectivity index (χ1n) is 11.4. The van der Waals surface area contributed by atoms with Crippen molar-refractivity contribution in [1.29, 1.82) is 0 Å². The first-order valence-corrected chi connectivity index (χ1v) is 12.3. The fourth-order valence-corrected chi connectivity index (χ4v) is 5.18. The minimum Gasteiger partial charge on any atom is -0.465 e. The Balaban J connectivity index is 1.52. The van der Waals surface area contributed by atoms with Gasteiger partial charge in [-0.05, 0) is 48.7 Å². The minimum absolute atomic E-state index is 0.154. The van der Waals surface area contributed by atoms with Gasteiger partial charge in [0.25, 0.3) is 0 Å². The fraction of sp³-hybridized carbons (Fsp3) is 0.185. The number of nitrogens with zero attached hydrogens (tertiary/aromatic N) is 3. The van der Waals surface area contributed by atoms with Crippen LogP contribution in [0.25, 0.3) is 11.4 Å². The van der Waals surface area contributed by atoms with E-state index in [1.807, 2.05) is 79.2 Å². The summed E-state index contributed by atoms with van der Waals surface area (Å²) in [6.07, 6.45) is 0. The number of ether oxygens (including phenoxy) is 1. The van der Waals surface area contributed by atoms with Crippen molar-refractivity contribution < 1.29 is 14.3 Å². The molecule has 2 atom stereocenters. The Morgan fingerprint density at radius 2 is 1.75 bits per heavy atom. The molecule has 1 aromatic heterocycles. The number of amides is 1. The van der Waals surface area contributed by atoms with Crippen molar-refractivity contribution in [2.75, 3.05) is 17.9 Å². The van der Waals surface area contributed by atoms with Gasteiger partial charge in [0.05, 0.1) is 18.7 Å². The average molecular weight is 500 g/mol. The number of benzene rings is 3. The zero-order chi connectivity index (χ0) is 25.2. The van der Waals surface area contributed by atoms with Crippen molar-refractivity contribution >= 4 is 29.3 Å². The molecule has 0 unspecified atom stereocenters. The molecule has 9 heteroatoms. The lowest BCUT2D eigenvalue weighted by Gasteiger charge is -2.33. The van der Waals surface area contributed by atoms with E-state index in [1.54, 1.807) is 12.1 Å². The molecule has 8 nitrogen and oxygen atoms in total. The van der Waals surface area contributed by atoms with Crippen LogP contribution in [0.2, 0.25) is 0 Å². The van der Waals surface area contributed by atoms with Crippen LogP contribution in [0.3, 0.4) is 0 Å². The highest BCUT2D eigenvalue weighted by Crippen LogP contribution is 2.39. The van der Waals surface area contributed by atoms with Crippen LogP contribution in [-0.4, -0.2) is 39.1 Å². The quantitative estimate of drug-likeness (QED) is 0.383. The van der Waals surface area contributed by atoms with Crippen molar-refractivity contribution in [1.82, 2.24) is 14.9 Å². The maximum absolute atomic E-state index is 13.6. The summed E-state index contributed by atoms with van der Waals surface area (Å²) >= 11 is 1.35. The molecule has 2 heterocycles. The lowest BCUT2D eigenvalue weighted by atomic mass is 10.0. The maximum atomic E-state index is 13.6. The standard InChI is InChI=1S/C27H25N5O3S/c1-16-9-10-17(2)21(15-16)28-25(33)23-22(18-11-13-20(14-12-18)26(34)35-3)31-32-24(29-30-27(32)36-23)19-7-5-4-6-8-19/h4-15,22-23,31H,1-3H3,(H,28,33)/t22-,23+/m0/s1. The molecule has 0 radical (unpaired) electrons. The SMILES string of the molecule is COC(=O)c1ccc([C@@H]2Nn3c(nnc3-c3ccccc3)S[C@H]2C(=O)Nc2cc(C)ccc2C)cc1. The highest BCUT2D eigenvalue weighted by molar-refractivity contribution is 8.00. The van der Waals surface area contributed by atoms with E-state index in [1.165, 1.54) is 18.9 Å². The van der Waals surface area contributed by atoms with Gasteiger partial charge in [0.2, 0.25) is 11.1 Å². The number of carbonyl (C=O) groups is 2. The van der Waals surface area contributed by atoms with Crippen molar-refractivity contribution in [3.63, 3.8) is 0 Å². The number of aryl methyl sites for hydroxylation is 2. The number of methoxy groups -OCH3 is 1. The summed E-state index contributed by atoms with van der Waals surface area (Å²) in [6.45, 7) is 3.96. The zero-order valence-electron chi connectivity index (χ0n) is 20.1. The molecule has 3 aromatic carbocycles. The van der Waals surface area contributed by atoms with Gasteiger partial charge in [-0.15, -0.1) is 10.2 Å². The summed E-state index contributed by atoms with van der Waals surface area (Å²) in [4.78, 5) is 25.6. The van der Waals surface area contributed by atoms with Crippen LogP contribution in [0.1, 0.15) is 33.1 Å². The number of fused-ring (bicyclic) bond motifs is 1. The molecule has 2 N–H and O–H groups in total. The number of rotatable bonds is 5. The van der Waals surface area contributed by atoms with Gasteiger partial charge in [0.15, 0.2) is 5.82 Å². The molecule has 4 aromatic rings. The first-order chi connectivity index (χ1) is 17.4. The Bertz CT molecular complexity index is 1420. The molecule has 36 heavy (non-hydrogen) atoms. The predicted molar refractivity (Wildman–Crippen MR) is 140 cm³/mol. The van der Waals surface area contributed by atoms with E-state index in [9.17, 15) is 9.59 Å². The van der Waals surface area contributed by atoms with Gasteiger partial charge < -0.3 is 15.5 Å². The fourth-order valence-electron chi connectivity index (χ4n) is 4.10. The number of nitrogens with one attached hydrogen (secondary N) is 2. The maximum Gasteiger partial charge on any atom is 0.337 e. The number of aromatic nitrogens is 3. The second-order valence-corrected chi connectivity index (χ2v) is 9.68. The molecule has 5 rings (SSSR count). The van der Waals surface area contributed by atoms with E-state index >= 15 is 0 Å². The van der Waals surface area contributed by atoms with Crippen LogP contribution < -0.4 is 10.7 Å². The Morgan fingerprint density at radius 3 is 2.47 bits per heavy atom. The number of thioether (sulfide) groups is 1. The van der Waals surface area contributed by atoms with Crippen LogP contribution in [0.4, 0.5) is 5.69 Å². The highest BCUT2D eigenvalue weighted by atomic mass is 32.2. The topological polar surface area (TPSA) is 98.1 Å². The Labute approximate surface area is 213 Å². The van der Waals surface area contributed by atoms with Crippen molar-refractivity contribution in [3.8, 4) is 11.4 Å². The Kier molecular flexibility index (Phi) is 6.47. The summed E-state index contributed by atoms with van der Waals surface area (Å²) in [7, 11) is 1.35. The van der Waals surface area contributed by atoms with E-state index in [0.29, 0.717) is 16.5 Å². The molecule has 1 aliphatic heterocycles. The lowest BCUT2D eigenvalue weighted by Crippen LogP contribution is -2.41. The third-order valence-corrected chi connectivity index (χ3v) is 7.28. The second kappa shape index (κ2) is 9.87. The van der Waals surface area contributed by atoms with E-state index in [2.05, 4.69) is 20.9 Å². The number of hydrogen-bond donors (Lipinski definition) is 2. The summed E-state index contributed by atoms with van der Waals surface area (Å²) in [5.41, 5.74) is 8.47. The van der Waals surface area contributed by atoms with Crippen LogP contribution in [-0.2, 0) is 9.53 Å². The Morgan fingerprint density at radius 1 is 1.00 bits per heavy atom. The van der Waals surface area contributed by atoms with Gasteiger partial charge >= 0.3 is 5.97 Å². The normalized spacial score (nSPS) is 16.5. The molecule has 0 saturated carbocycles. The van der Waals surface area contributed by atoms with E-state index in [0.717, 1.165) is 27.9 Å². The summed E-state index contributed by atoms with van der Waals surface area (Å²) in [5, 5.41) is 11.9. The van der Waals surface area contributed by atoms with Crippen LogP contribution >= 0.6 is 11.8 Å². The summed E-state index contributed by atoms with van der Waals surface area (Å²) < 4.78 is 6.65. The third kappa shape index (κ3) is 4.57. The molecule has 0 saturated heterocycles. The van der Waals surface area contributed by atoms with Gasteiger partial charge in [0.1, 0.15) is 5.25 Å². The smallest absolute Gasteiger partial charge is 0.337 e. The number of anilines is 1. The van der Waals surface area contributed by atoms with Crippen LogP contribution in [0.15, 0.2) is 78.0 Å². The van der Waals surface area contributed by atoms with Gasteiger partial charge in [0, 0.05) is 11.3 Å². The highest BCUT2D eigenvalue weighted by Gasteiger charge is 2.38. The van der Waals surface area contributed by atoms with E-state index in [4.69, 9.17) is 4.74 Å². The third-order valence-electron chi connectivity index (χ3n) is 6.07. The van der Waals surface area contributed by atoms with E-state index in [-0.39, 0.29) is 5.91 Å². The van der Waals surface area contributed by atoms with Crippen molar-refractivity contribution in [2.24, 2.45) is 0 Å². The van der Waals surface area contributed by atoms with Crippen LogP contribution in [0, 0.1) is 13.8 Å². The molecule has 0 spiro atoms. The van der Waals surface area contributed by atoms with Crippen LogP contribution in [0.5, 0.6) is 0 Å². The second-order valence-electron chi connectivity index (χ2n) is 8.57. The molecule has 182 valence electrons. The first kappa shape index (κ1) is 23.6. The number of hydrogen-bond acceptors (Lipinski definition) is 7. The molecule has 0 bridgehead atoms. The van der Waals surface area contributed by atoms with E-state index < -0.39 is 17.3 Å². The van der Waals surface area contributed by atoms with Gasteiger partial charge in [-0.2, -0.15) is 0 Å². The lowest BCUT2D eigenvalue weighted by molar-refractivity contribution is -0.116. The minimum atomic E-state index is -0.547. The van der Waals surface area contributed by atoms with Crippen molar-refractivity contribution in [3.05, 3.63) is 95.1 Å². The largest absolute Gasteiger partial charge is 0.465 e. The number of carbonyl (C=O) groups excluding carboxylic acids is 2. The average Bonchev–Trinajstić information content (AvgIpc) is 3.33. The molecule has 1 aliphatic rings. The predicted octanol–water partition coefficient (Wildman–Crippen LogP) is 4.75. The number of esters is 1. The van der Waals surface area contributed by atoms with Gasteiger partial charge in [-0.3, -0.25) is 4.79 Å². The van der Waals surface area contributed by atoms with Gasteiger partial charge in [-0.1, -0.05) is 66.4 Å². The van der Waals surface area contributed by atoms with Gasteiger partial charge in [-0.25, -0.2) is 9.47 Å². The molecular weight excluding hydrogens is 474 g/mol. The summed E-state index contributed by atoms with van der Waals surface area (Å²) in [5.74, 6) is 0.0885. The molecule has 0 aliphatic carbocycles. The van der Waals surface area contributed by atoms with Crippen molar-refractivity contribution in [2.45, 2.75) is 30.3 Å². The monoisotopic (exact) mass is 499 g/mol. The zero-order valence-corrected chi connectivity index (χ0v) is 20.9. The Hall–Kier alpha value is -4.11. The summed E-state index contributed by atoms with van der Waals surface area (Å²) in [6, 6.07) is 22.4. The molecule has 1 amide bonds. The molecular formula is C27H25N5O3S. The molecule has 0 fully saturated rings.